The summed E-state index contributed by atoms with van der Waals surface area (Å²) in [7, 11) is 0. The van der Waals surface area contributed by atoms with Crippen LogP contribution in [0.1, 0.15) is 16.8 Å². The average Bonchev–Trinajstić information content (AvgIpc) is 2.82. The Bertz CT molecular complexity index is 447. The highest BCUT2D eigenvalue weighted by molar-refractivity contribution is 5.95. The zero-order valence-electron chi connectivity index (χ0n) is 9.59. The number of nitro groups is 1. The van der Waals surface area contributed by atoms with Crippen molar-refractivity contribution in [3.05, 3.63) is 39.9 Å². The van der Waals surface area contributed by atoms with E-state index in [1.807, 2.05) is 0 Å². The van der Waals surface area contributed by atoms with Crippen molar-refractivity contribution in [1.82, 2.24) is 10.6 Å². The summed E-state index contributed by atoms with van der Waals surface area (Å²) in [4.78, 5) is 21.9. The molecular weight excluding hydrogens is 258 g/mol. The SMILES string of the molecule is Cl.O=C(NC1CCNC1)c1cccc([N+](=O)[O-])c1. The van der Waals surface area contributed by atoms with Crippen molar-refractivity contribution in [2.24, 2.45) is 0 Å². The lowest BCUT2D eigenvalue weighted by Gasteiger charge is -2.10. The van der Waals surface area contributed by atoms with Crippen LogP contribution >= 0.6 is 12.4 Å². The van der Waals surface area contributed by atoms with Crippen LogP contribution in [-0.4, -0.2) is 30.0 Å². The highest BCUT2D eigenvalue weighted by Crippen LogP contribution is 2.13. The van der Waals surface area contributed by atoms with E-state index in [0.29, 0.717) is 5.56 Å². The number of benzene rings is 1. The van der Waals surface area contributed by atoms with Gasteiger partial charge in [-0.05, 0) is 19.0 Å². The molecule has 2 N–H and O–H groups in total. The van der Waals surface area contributed by atoms with Crippen molar-refractivity contribution < 1.29 is 9.72 Å². The minimum atomic E-state index is -0.506. The number of nitrogens with one attached hydrogen (secondary N) is 2. The van der Waals surface area contributed by atoms with Gasteiger partial charge in [-0.15, -0.1) is 12.4 Å². The van der Waals surface area contributed by atoms with Gasteiger partial charge in [0.15, 0.2) is 0 Å². The van der Waals surface area contributed by atoms with Gasteiger partial charge in [0.25, 0.3) is 11.6 Å². The highest BCUT2D eigenvalue weighted by atomic mass is 35.5. The maximum absolute atomic E-state index is 11.8. The third kappa shape index (κ3) is 3.41. The largest absolute Gasteiger partial charge is 0.348 e. The van der Waals surface area contributed by atoms with Gasteiger partial charge in [-0.2, -0.15) is 0 Å². The Kier molecular flexibility index (Phi) is 5.06. The molecular formula is C11H14ClN3O3. The first-order valence-electron chi connectivity index (χ1n) is 5.43. The van der Waals surface area contributed by atoms with E-state index in [4.69, 9.17) is 0 Å². The van der Waals surface area contributed by atoms with Crippen LogP contribution in [0.4, 0.5) is 5.69 Å². The van der Waals surface area contributed by atoms with Gasteiger partial charge < -0.3 is 10.6 Å². The Morgan fingerprint density at radius 1 is 1.50 bits per heavy atom. The number of nitrogens with zero attached hydrogens (tertiary/aromatic N) is 1. The number of amides is 1. The quantitative estimate of drug-likeness (QED) is 0.637. The van der Waals surface area contributed by atoms with E-state index in [1.54, 1.807) is 6.07 Å². The number of carbonyl (C=O) groups is 1. The van der Waals surface area contributed by atoms with Gasteiger partial charge in [-0.25, -0.2) is 0 Å². The Morgan fingerprint density at radius 3 is 2.89 bits per heavy atom. The fraction of sp³-hybridized carbons (Fsp3) is 0.364. The van der Waals surface area contributed by atoms with Gasteiger partial charge in [0.2, 0.25) is 0 Å². The number of rotatable bonds is 3. The normalized spacial score (nSPS) is 17.9. The third-order valence-corrected chi connectivity index (χ3v) is 2.71. The van der Waals surface area contributed by atoms with Crippen molar-refractivity contribution >= 4 is 24.0 Å². The molecule has 0 bridgehead atoms. The first-order valence-corrected chi connectivity index (χ1v) is 5.43. The number of carbonyl (C=O) groups excluding carboxylic acids is 1. The second kappa shape index (κ2) is 6.32. The molecule has 1 amide bonds. The second-order valence-electron chi connectivity index (χ2n) is 3.97. The summed E-state index contributed by atoms with van der Waals surface area (Å²) < 4.78 is 0. The van der Waals surface area contributed by atoms with Gasteiger partial charge in [0.05, 0.1) is 4.92 Å². The van der Waals surface area contributed by atoms with Gasteiger partial charge in [0.1, 0.15) is 0 Å². The van der Waals surface area contributed by atoms with E-state index in [9.17, 15) is 14.9 Å². The molecule has 1 heterocycles. The lowest BCUT2D eigenvalue weighted by Crippen LogP contribution is -2.36. The van der Waals surface area contributed by atoms with Crippen LogP contribution in [0.15, 0.2) is 24.3 Å². The minimum Gasteiger partial charge on any atom is -0.348 e. The Balaban J connectivity index is 0.00000162. The molecule has 0 aromatic heterocycles. The van der Waals surface area contributed by atoms with Crippen molar-refractivity contribution in [2.75, 3.05) is 13.1 Å². The fourth-order valence-corrected chi connectivity index (χ4v) is 1.81. The molecule has 0 saturated carbocycles. The van der Waals surface area contributed by atoms with Crippen molar-refractivity contribution in [3.63, 3.8) is 0 Å². The Labute approximate surface area is 110 Å². The lowest BCUT2D eigenvalue weighted by molar-refractivity contribution is -0.384. The number of halogens is 1. The molecule has 7 heteroatoms. The number of hydrogen-bond acceptors (Lipinski definition) is 4. The van der Waals surface area contributed by atoms with Crippen LogP contribution in [-0.2, 0) is 0 Å². The van der Waals surface area contributed by atoms with E-state index >= 15 is 0 Å². The minimum absolute atomic E-state index is 0. The molecule has 0 radical (unpaired) electrons. The zero-order valence-corrected chi connectivity index (χ0v) is 10.4. The van der Waals surface area contributed by atoms with E-state index < -0.39 is 4.92 Å². The number of hydrogen-bond donors (Lipinski definition) is 2. The molecule has 0 aliphatic carbocycles. The molecule has 98 valence electrons. The predicted octanol–water partition coefficient (Wildman–Crippen LogP) is 1.11. The fourth-order valence-electron chi connectivity index (χ4n) is 1.81. The van der Waals surface area contributed by atoms with E-state index in [2.05, 4.69) is 10.6 Å². The average molecular weight is 272 g/mol. The highest BCUT2D eigenvalue weighted by Gasteiger charge is 2.18. The lowest BCUT2D eigenvalue weighted by atomic mass is 10.1. The summed E-state index contributed by atoms with van der Waals surface area (Å²) >= 11 is 0. The number of non-ortho nitro benzene ring substituents is 1. The molecule has 6 nitrogen and oxygen atoms in total. The summed E-state index contributed by atoms with van der Waals surface area (Å²) in [5.74, 6) is -0.262. The topological polar surface area (TPSA) is 84.3 Å². The Morgan fingerprint density at radius 2 is 2.28 bits per heavy atom. The zero-order chi connectivity index (χ0) is 12.3. The van der Waals surface area contributed by atoms with E-state index in [-0.39, 0.29) is 30.0 Å². The number of nitro benzene ring substituents is 1. The molecule has 1 aromatic carbocycles. The summed E-state index contributed by atoms with van der Waals surface area (Å²) in [6, 6.07) is 5.86. The molecule has 1 aliphatic heterocycles. The van der Waals surface area contributed by atoms with Gasteiger partial charge in [-0.1, -0.05) is 6.07 Å². The summed E-state index contributed by atoms with van der Waals surface area (Å²) in [5, 5.41) is 16.6. The van der Waals surface area contributed by atoms with Crippen LogP contribution in [0.5, 0.6) is 0 Å². The molecule has 1 aliphatic rings. The third-order valence-electron chi connectivity index (χ3n) is 2.71. The summed E-state index contributed by atoms with van der Waals surface area (Å²) in [6.45, 7) is 1.64. The molecule has 0 spiro atoms. The smallest absolute Gasteiger partial charge is 0.270 e. The van der Waals surface area contributed by atoms with E-state index in [1.165, 1.54) is 18.2 Å². The van der Waals surface area contributed by atoms with Gasteiger partial charge in [-0.3, -0.25) is 14.9 Å². The first kappa shape index (κ1) is 14.4. The maximum Gasteiger partial charge on any atom is 0.270 e. The molecule has 1 fully saturated rings. The molecule has 2 rings (SSSR count). The monoisotopic (exact) mass is 271 g/mol. The predicted molar refractivity (Wildman–Crippen MR) is 69.1 cm³/mol. The first-order chi connectivity index (χ1) is 8.16. The van der Waals surface area contributed by atoms with Crippen LogP contribution in [0.25, 0.3) is 0 Å². The van der Waals surface area contributed by atoms with Gasteiger partial charge in [0, 0.05) is 30.3 Å². The molecule has 1 unspecified atom stereocenters. The molecule has 1 atom stereocenters. The molecule has 1 saturated heterocycles. The van der Waals surface area contributed by atoms with Gasteiger partial charge >= 0.3 is 0 Å². The molecule has 1 aromatic rings. The molecule has 18 heavy (non-hydrogen) atoms. The van der Waals surface area contributed by atoms with Crippen LogP contribution in [0.2, 0.25) is 0 Å². The van der Waals surface area contributed by atoms with Crippen molar-refractivity contribution in [3.8, 4) is 0 Å². The van der Waals surface area contributed by atoms with Crippen LogP contribution in [0.3, 0.4) is 0 Å². The summed E-state index contributed by atoms with van der Waals surface area (Å²) in [6.07, 6.45) is 0.890. The second-order valence-corrected chi connectivity index (χ2v) is 3.97. The van der Waals surface area contributed by atoms with Crippen molar-refractivity contribution in [2.45, 2.75) is 12.5 Å². The van der Waals surface area contributed by atoms with E-state index in [0.717, 1.165) is 19.5 Å². The standard InChI is InChI=1S/C11H13N3O3.ClH/c15-11(13-9-4-5-12-7-9)8-2-1-3-10(6-8)14(16)17;/h1-3,6,9,12H,4-5,7H2,(H,13,15);1H. The summed E-state index contributed by atoms with van der Waals surface area (Å²) in [5.41, 5.74) is 0.258. The van der Waals surface area contributed by atoms with Crippen LogP contribution in [0, 0.1) is 10.1 Å². The Hall–Kier alpha value is -1.66. The van der Waals surface area contributed by atoms with Crippen LogP contribution < -0.4 is 10.6 Å². The maximum atomic E-state index is 11.8. The van der Waals surface area contributed by atoms with Crippen molar-refractivity contribution in [1.29, 1.82) is 0 Å².